The molecule has 2 fully saturated rings. The fourth-order valence-electron chi connectivity index (χ4n) is 3.40. The maximum Gasteiger partial charge on any atom is 0.163 e. The molecule has 2 saturated carbocycles. The average Bonchev–Trinajstić information content (AvgIpc) is 2.58. The van der Waals surface area contributed by atoms with Crippen molar-refractivity contribution < 1.29 is 4.79 Å². The molecule has 0 aromatic heterocycles. The van der Waals surface area contributed by atoms with Crippen LogP contribution in [0.2, 0.25) is 0 Å². The van der Waals surface area contributed by atoms with Crippen molar-refractivity contribution in [2.24, 2.45) is 23.7 Å². The monoisotopic (exact) mass is 174 g/mol. The van der Waals surface area contributed by atoms with Gasteiger partial charge in [-0.05, 0) is 37.7 Å². The summed E-state index contributed by atoms with van der Waals surface area (Å²) in [6, 6.07) is 0. The minimum absolute atomic E-state index is 0.375. The highest BCUT2D eigenvalue weighted by atomic mass is 16.1. The van der Waals surface area contributed by atoms with Crippen LogP contribution in [0.1, 0.15) is 20.3 Å². The first kappa shape index (κ1) is 7.54. The third kappa shape index (κ3) is 0.714. The third-order valence-corrected chi connectivity index (χ3v) is 3.90. The summed E-state index contributed by atoms with van der Waals surface area (Å²) in [5.74, 6) is 2.71. The fourth-order valence-corrected chi connectivity index (χ4v) is 3.40. The van der Waals surface area contributed by atoms with Crippen molar-refractivity contribution in [1.29, 1.82) is 0 Å². The van der Waals surface area contributed by atoms with Crippen LogP contribution in [0.5, 0.6) is 0 Å². The Kier molecular flexibility index (Phi) is 1.24. The summed E-state index contributed by atoms with van der Waals surface area (Å²) < 4.78 is 0. The third-order valence-electron chi connectivity index (χ3n) is 3.90. The first-order valence-corrected chi connectivity index (χ1v) is 5.10. The van der Waals surface area contributed by atoms with Crippen LogP contribution in [0.4, 0.5) is 0 Å². The molecule has 0 radical (unpaired) electrons. The van der Waals surface area contributed by atoms with Crippen molar-refractivity contribution in [2.75, 3.05) is 0 Å². The first-order valence-electron chi connectivity index (χ1n) is 5.10. The van der Waals surface area contributed by atoms with Crippen LogP contribution >= 0.6 is 0 Å². The number of allylic oxidation sites excluding steroid dienone is 4. The summed E-state index contributed by atoms with van der Waals surface area (Å²) in [6.45, 7) is 4.14. The number of hydrogen-bond donors (Lipinski definition) is 0. The summed E-state index contributed by atoms with van der Waals surface area (Å²) in [7, 11) is 0. The minimum Gasteiger partial charge on any atom is -0.294 e. The second-order valence-electron chi connectivity index (χ2n) is 4.78. The van der Waals surface area contributed by atoms with Crippen molar-refractivity contribution in [2.45, 2.75) is 20.3 Å². The molecule has 4 unspecified atom stereocenters. The van der Waals surface area contributed by atoms with Crippen molar-refractivity contribution in [3.8, 4) is 0 Å². The Labute approximate surface area is 78.5 Å². The number of fused-ring (bicyclic) bond motifs is 5. The van der Waals surface area contributed by atoms with E-state index in [1.54, 1.807) is 0 Å². The van der Waals surface area contributed by atoms with E-state index >= 15 is 0 Å². The van der Waals surface area contributed by atoms with Crippen LogP contribution in [0.25, 0.3) is 0 Å². The van der Waals surface area contributed by atoms with Crippen LogP contribution in [-0.2, 0) is 4.79 Å². The highest BCUT2D eigenvalue weighted by Gasteiger charge is 2.58. The molecule has 3 aliphatic rings. The smallest absolute Gasteiger partial charge is 0.163 e. The highest BCUT2D eigenvalue weighted by Crippen LogP contribution is 2.59. The zero-order valence-electron chi connectivity index (χ0n) is 8.08. The second-order valence-corrected chi connectivity index (χ2v) is 4.78. The number of carbonyl (C=O) groups is 1. The fraction of sp³-hybridized carbons (Fsp3) is 0.583. The molecule has 0 N–H and O–H groups in total. The van der Waals surface area contributed by atoms with E-state index in [0.29, 0.717) is 29.5 Å². The molecule has 13 heavy (non-hydrogen) atoms. The van der Waals surface area contributed by atoms with Gasteiger partial charge in [-0.25, -0.2) is 0 Å². The summed E-state index contributed by atoms with van der Waals surface area (Å²) in [4.78, 5) is 11.8. The molecule has 0 aliphatic heterocycles. The van der Waals surface area contributed by atoms with Crippen LogP contribution in [-0.4, -0.2) is 5.78 Å². The van der Waals surface area contributed by atoms with Gasteiger partial charge in [-0.1, -0.05) is 17.7 Å². The van der Waals surface area contributed by atoms with Gasteiger partial charge in [-0.15, -0.1) is 0 Å². The lowest BCUT2D eigenvalue weighted by atomic mass is 9.62. The van der Waals surface area contributed by atoms with E-state index in [0.717, 1.165) is 5.57 Å². The van der Waals surface area contributed by atoms with Gasteiger partial charge in [-0.3, -0.25) is 4.79 Å². The number of carbonyl (C=O) groups excluding carboxylic acids is 1. The Morgan fingerprint density at radius 2 is 1.85 bits per heavy atom. The summed E-state index contributed by atoms with van der Waals surface area (Å²) >= 11 is 0. The van der Waals surface area contributed by atoms with Crippen LogP contribution < -0.4 is 0 Å². The maximum atomic E-state index is 11.8. The normalized spacial score (nSPS) is 45.1. The van der Waals surface area contributed by atoms with Gasteiger partial charge in [0.1, 0.15) is 0 Å². The van der Waals surface area contributed by atoms with Gasteiger partial charge in [0.2, 0.25) is 0 Å². The molecule has 1 heteroatoms. The molecule has 0 saturated heterocycles. The molecule has 3 aliphatic carbocycles. The maximum absolute atomic E-state index is 11.8. The van der Waals surface area contributed by atoms with E-state index in [1.807, 2.05) is 0 Å². The molecule has 0 aromatic carbocycles. The molecular weight excluding hydrogens is 160 g/mol. The van der Waals surface area contributed by atoms with E-state index < -0.39 is 0 Å². The first-order chi connectivity index (χ1) is 6.20. The molecule has 0 amide bonds. The number of Topliss-reactive ketones (excluding diaryl/α,β-unsaturated/α-hetero) is 1. The van der Waals surface area contributed by atoms with Gasteiger partial charge >= 0.3 is 0 Å². The Hall–Kier alpha value is -0.850. The SMILES string of the molecule is CC(C)=C1C(=O)C2C3C=CC(C3)C12. The Morgan fingerprint density at radius 1 is 1.23 bits per heavy atom. The molecule has 4 atom stereocenters. The molecule has 2 bridgehead atoms. The molecule has 0 spiro atoms. The Balaban J connectivity index is 2.05. The van der Waals surface area contributed by atoms with E-state index in [9.17, 15) is 4.79 Å². The number of ketones is 1. The highest BCUT2D eigenvalue weighted by molar-refractivity contribution is 6.06. The van der Waals surface area contributed by atoms with E-state index in [-0.39, 0.29) is 0 Å². The molecule has 3 rings (SSSR count). The van der Waals surface area contributed by atoms with E-state index in [2.05, 4.69) is 26.0 Å². The zero-order valence-corrected chi connectivity index (χ0v) is 8.08. The second kappa shape index (κ2) is 2.14. The lowest BCUT2D eigenvalue weighted by molar-refractivity contribution is -0.127. The lowest BCUT2D eigenvalue weighted by Gasteiger charge is -2.39. The van der Waals surface area contributed by atoms with Gasteiger partial charge in [0.25, 0.3) is 0 Å². The van der Waals surface area contributed by atoms with Crippen molar-refractivity contribution in [3.05, 3.63) is 23.3 Å². The van der Waals surface area contributed by atoms with E-state index in [4.69, 9.17) is 0 Å². The summed E-state index contributed by atoms with van der Waals surface area (Å²) in [5.41, 5.74) is 2.40. The van der Waals surface area contributed by atoms with Gasteiger partial charge in [0, 0.05) is 11.8 Å². The van der Waals surface area contributed by atoms with Crippen LogP contribution in [0.15, 0.2) is 23.3 Å². The van der Waals surface area contributed by atoms with Crippen molar-refractivity contribution >= 4 is 5.78 Å². The average molecular weight is 174 g/mol. The number of rotatable bonds is 0. The van der Waals surface area contributed by atoms with Gasteiger partial charge < -0.3 is 0 Å². The van der Waals surface area contributed by atoms with Gasteiger partial charge in [0.15, 0.2) is 5.78 Å². The molecular formula is C12H14O. The van der Waals surface area contributed by atoms with Crippen LogP contribution in [0.3, 0.4) is 0 Å². The standard InChI is InChI=1S/C12H14O/c1-6(2)9-10-7-3-4-8(5-7)11(10)12(9)13/h3-4,7-8,10-11H,5H2,1-2H3. The predicted molar refractivity (Wildman–Crippen MR) is 51.1 cm³/mol. The quantitative estimate of drug-likeness (QED) is 0.407. The predicted octanol–water partition coefficient (Wildman–Crippen LogP) is 2.34. The zero-order chi connectivity index (χ0) is 9.16. The Morgan fingerprint density at radius 3 is 2.46 bits per heavy atom. The minimum atomic E-state index is 0.375. The molecule has 0 heterocycles. The topological polar surface area (TPSA) is 17.1 Å². The number of hydrogen-bond acceptors (Lipinski definition) is 1. The van der Waals surface area contributed by atoms with Gasteiger partial charge in [-0.2, -0.15) is 0 Å². The summed E-state index contributed by atoms with van der Waals surface area (Å²) in [5, 5.41) is 0. The van der Waals surface area contributed by atoms with Crippen LogP contribution in [0, 0.1) is 23.7 Å². The molecule has 68 valence electrons. The molecule has 0 aromatic rings. The molecule has 1 nitrogen and oxygen atoms in total. The van der Waals surface area contributed by atoms with Crippen molar-refractivity contribution in [1.82, 2.24) is 0 Å². The van der Waals surface area contributed by atoms with Crippen molar-refractivity contribution in [3.63, 3.8) is 0 Å². The lowest BCUT2D eigenvalue weighted by Crippen LogP contribution is -2.43. The summed E-state index contributed by atoms with van der Waals surface area (Å²) in [6.07, 6.45) is 5.81. The Bertz CT molecular complexity index is 344. The largest absolute Gasteiger partial charge is 0.294 e. The van der Waals surface area contributed by atoms with Gasteiger partial charge in [0.05, 0.1) is 0 Å². The van der Waals surface area contributed by atoms with E-state index in [1.165, 1.54) is 12.0 Å².